The molecule has 1 aliphatic heterocycles. The number of aliphatic hydroxyl groups is 1. The van der Waals surface area contributed by atoms with Crippen LogP contribution >= 0.6 is 0 Å². The molecular weight excluding hydrogens is 174 g/mol. The second-order valence-electron chi connectivity index (χ2n) is 4.29. The minimum Gasteiger partial charge on any atom is -0.377 e. The van der Waals surface area contributed by atoms with Gasteiger partial charge in [0.25, 0.3) is 0 Å². The molecule has 0 spiro atoms. The summed E-state index contributed by atoms with van der Waals surface area (Å²) in [6.45, 7) is 8.59. The van der Waals surface area contributed by atoms with Gasteiger partial charge in [-0.1, -0.05) is 25.3 Å². The van der Waals surface area contributed by atoms with Gasteiger partial charge in [0.2, 0.25) is 0 Å². The smallest absolute Gasteiger partial charge is 0.131 e. The number of likely N-dealkylation sites (tertiary alicyclic amines) is 1. The average molecular weight is 193 g/mol. The minimum absolute atomic E-state index is 0.191. The Morgan fingerprint density at radius 1 is 1.57 bits per heavy atom. The number of allylic oxidation sites excluding steroid dienone is 1. The van der Waals surface area contributed by atoms with Gasteiger partial charge in [0.1, 0.15) is 5.60 Å². The highest BCUT2D eigenvalue weighted by Gasteiger charge is 2.39. The lowest BCUT2D eigenvalue weighted by Crippen LogP contribution is -2.52. The Morgan fingerprint density at radius 2 is 2.21 bits per heavy atom. The number of piperidine rings is 1. The fraction of sp³-hybridized carbons (Fsp3) is 0.667. The lowest BCUT2D eigenvalue weighted by Gasteiger charge is -2.42. The van der Waals surface area contributed by atoms with Crippen LogP contribution in [-0.2, 0) is 0 Å². The van der Waals surface area contributed by atoms with E-state index >= 15 is 0 Å². The lowest BCUT2D eigenvalue weighted by atomic mass is 9.79. The molecule has 78 valence electrons. The Labute approximate surface area is 86.6 Å². The molecule has 0 saturated carbocycles. The third kappa shape index (κ3) is 2.17. The van der Waals surface area contributed by atoms with Crippen molar-refractivity contribution in [3.63, 3.8) is 0 Å². The Morgan fingerprint density at radius 3 is 2.79 bits per heavy atom. The maximum Gasteiger partial charge on any atom is 0.131 e. The maximum atomic E-state index is 10.3. The van der Waals surface area contributed by atoms with Crippen LogP contribution in [0.25, 0.3) is 0 Å². The van der Waals surface area contributed by atoms with Gasteiger partial charge in [0, 0.05) is 24.9 Å². The van der Waals surface area contributed by atoms with Crippen molar-refractivity contribution in [2.75, 3.05) is 13.6 Å². The van der Waals surface area contributed by atoms with E-state index in [1.807, 2.05) is 6.92 Å². The zero-order chi connectivity index (χ0) is 10.8. The number of nitrogens with zero attached hydrogens (tertiary/aromatic N) is 1. The molecular formula is C12H19NO. The molecule has 0 bridgehead atoms. The fourth-order valence-electron chi connectivity index (χ4n) is 1.92. The summed E-state index contributed by atoms with van der Waals surface area (Å²) in [7, 11) is 2.08. The Hall–Kier alpha value is -0.780. The van der Waals surface area contributed by atoms with Crippen LogP contribution in [-0.4, -0.2) is 35.2 Å². The van der Waals surface area contributed by atoms with Crippen molar-refractivity contribution in [3.05, 3.63) is 12.7 Å². The molecule has 2 nitrogen and oxygen atoms in total. The van der Waals surface area contributed by atoms with Crippen molar-refractivity contribution in [2.45, 2.75) is 31.9 Å². The van der Waals surface area contributed by atoms with E-state index in [2.05, 4.69) is 37.3 Å². The second-order valence-corrected chi connectivity index (χ2v) is 4.29. The van der Waals surface area contributed by atoms with E-state index in [1.54, 1.807) is 0 Å². The summed E-state index contributed by atoms with van der Waals surface area (Å²) >= 11 is 0. The third-order valence-corrected chi connectivity index (χ3v) is 3.13. The van der Waals surface area contributed by atoms with Crippen LogP contribution in [0.5, 0.6) is 0 Å². The van der Waals surface area contributed by atoms with Crippen LogP contribution in [0.1, 0.15) is 20.3 Å². The molecule has 0 unspecified atom stereocenters. The Kier molecular flexibility index (Phi) is 3.36. The number of hydrogen-bond acceptors (Lipinski definition) is 2. The molecule has 1 aliphatic rings. The van der Waals surface area contributed by atoms with Gasteiger partial charge in [-0.3, -0.25) is 0 Å². The molecule has 1 N–H and O–H groups in total. The van der Waals surface area contributed by atoms with Crippen LogP contribution in [0.2, 0.25) is 0 Å². The molecule has 2 heteroatoms. The van der Waals surface area contributed by atoms with Gasteiger partial charge in [0.05, 0.1) is 0 Å². The van der Waals surface area contributed by atoms with E-state index in [9.17, 15) is 5.11 Å². The normalized spacial score (nSPS) is 38.6. The lowest BCUT2D eigenvalue weighted by molar-refractivity contribution is -0.0346. The van der Waals surface area contributed by atoms with E-state index in [1.165, 1.54) is 6.08 Å². The van der Waals surface area contributed by atoms with Gasteiger partial charge < -0.3 is 10.0 Å². The van der Waals surface area contributed by atoms with Crippen molar-refractivity contribution in [3.8, 4) is 11.8 Å². The average Bonchev–Trinajstić information content (AvgIpc) is 2.12. The molecule has 1 saturated heterocycles. The van der Waals surface area contributed by atoms with Crippen molar-refractivity contribution < 1.29 is 5.11 Å². The van der Waals surface area contributed by atoms with Crippen molar-refractivity contribution in [1.82, 2.24) is 4.90 Å². The van der Waals surface area contributed by atoms with Crippen LogP contribution in [0.3, 0.4) is 0 Å². The molecule has 1 rings (SSSR count). The predicted octanol–water partition coefficient (Wildman–Crippen LogP) is 1.27. The van der Waals surface area contributed by atoms with E-state index in [0.29, 0.717) is 12.5 Å². The zero-order valence-electron chi connectivity index (χ0n) is 9.25. The van der Waals surface area contributed by atoms with Gasteiger partial charge in [0.15, 0.2) is 0 Å². The first kappa shape index (κ1) is 11.3. The Balaban J connectivity index is 2.82. The largest absolute Gasteiger partial charge is 0.377 e. The highest BCUT2D eigenvalue weighted by molar-refractivity contribution is 5.23. The van der Waals surface area contributed by atoms with Crippen LogP contribution in [0, 0.1) is 17.8 Å². The third-order valence-electron chi connectivity index (χ3n) is 3.13. The zero-order valence-corrected chi connectivity index (χ0v) is 9.25. The standard InChI is InChI=1S/C12H19NO/c1-5-6-7-12(14)8-11(3)13(4)9-10(12)2/h5,10-11,14H,1,8-9H2,2-4H3/t10-,11+,12+/m1/s1. The monoisotopic (exact) mass is 193 g/mol. The first-order valence-electron chi connectivity index (χ1n) is 5.06. The van der Waals surface area contributed by atoms with E-state index in [-0.39, 0.29) is 5.92 Å². The van der Waals surface area contributed by atoms with E-state index < -0.39 is 5.60 Å². The van der Waals surface area contributed by atoms with Gasteiger partial charge in [-0.25, -0.2) is 0 Å². The quantitative estimate of drug-likeness (QED) is 0.586. The first-order chi connectivity index (χ1) is 6.49. The molecule has 1 fully saturated rings. The highest BCUT2D eigenvalue weighted by Crippen LogP contribution is 2.30. The molecule has 0 aliphatic carbocycles. The molecule has 0 aromatic rings. The van der Waals surface area contributed by atoms with Crippen LogP contribution in [0.15, 0.2) is 12.7 Å². The summed E-state index contributed by atoms with van der Waals surface area (Å²) < 4.78 is 0. The first-order valence-corrected chi connectivity index (χ1v) is 5.06. The van der Waals surface area contributed by atoms with Crippen LogP contribution < -0.4 is 0 Å². The second kappa shape index (κ2) is 4.16. The topological polar surface area (TPSA) is 23.5 Å². The van der Waals surface area contributed by atoms with E-state index in [4.69, 9.17) is 0 Å². The minimum atomic E-state index is -0.833. The maximum absolute atomic E-state index is 10.3. The fourth-order valence-corrected chi connectivity index (χ4v) is 1.92. The summed E-state index contributed by atoms with van der Waals surface area (Å²) in [6, 6.07) is 0.385. The number of hydrogen-bond donors (Lipinski definition) is 1. The van der Waals surface area contributed by atoms with Crippen molar-refractivity contribution >= 4 is 0 Å². The molecule has 0 amide bonds. The van der Waals surface area contributed by atoms with Crippen molar-refractivity contribution in [1.29, 1.82) is 0 Å². The van der Waals surface area contributed by atoms with Gasteiger partial charge in [-0.05, 0) is 20.0 Å². The molecule has 3 atom stereocenters. The highest BCUT2D eigenvalue weighted by atomic mass is 16.3. The van der Waals surface area contributed by atoms with Crippen LogP contribution in [0.4, 0.5) is 0 Å². The van der Waals surface area contributed by atoms with Crippen molar-refractivity contribution in [2.24, 2.45) is 5.92 Å². The summed E-state index contributed by atoms with van der Waals surface area (Å²) in [5, 5.41) is 10.3. The number of rotatable bonds is 0. The predicted molar refractivity (Wildman–Crippen MR) is 58.8 cm³/mol. The summed E-state index contributed by atoms with van der Waals surface area (Å²) in [4.78, 5) is 2.26. The van der Waals surface area contributed by atoms with Gasteiger partial charge in [-0.2, -0.15) is 0 Å². The van der Waals surface area contributed by atoms with Gasteiger partial charge in [-0.15, -0.1) is 0 Å². The molecule has 1 heterocycles. The molecule has 0 aromatic heterocycles. The summed E-state index contributed by atoms with van der Waals surface area (Å²) in [5.74, 6) is 5.87. The molecule has 0 radical (unpaired) electrons. The molecule has 14 heavy (non-hydrogen) atoms. The van der Waals surface area contributed by atoms with E-state index in [0.717, 1.165) is 6.54 Å². The summed E-state index contributed by atoms with van der Waals surface area (Å²) in [5.41, 5.74) is -0.833. The summed E-state index contributed by atoms with van der Waals surface area (Å²) in [6.07, 6.45) is 2.25. The SMILES string of the molecule is C=CC#C[C@]1(O)C[C@H](C)N(C)C[C@H]1C. The Bertz CT molecular complexity index is 276. The van der Waals surface area contributed by atoms with Gasteiger partial charge >= 0.3 is 0 Å². The molecule has 0 aromatic carbocycles.